The van der Waals surface area contributed by atoms with Gasteiger partial charge < -0.3 is 15.4 Å². The molecule has 3 nitrogen and oxygen atoms in total. The smallest absolute Gasteiger partial charge is 0.104 e. The molecule has 1 fully saturated rings. The summed E-state index contributed by atoms with van der Waals surface area (Å²) in [6, 6.07) is 7.02. The Kier molecular flexibility index (Phi) is 3.91. The SMILES string of the molecule is OC1CCC([NH2+]Cc2c[nH]c3ccc(Br)cc23)CC1. The molecule has 0 bridgehead atoms. The summed E-state index contributed by atoms with van der Waals surface area (Å²) in [6.45, 7) is 1.01. The van der Waals surface area contributed by atoms with Crippen molar-refractivity contribution < 1.29 is 10.4 Å². The highest BCUT2D eigenvalue weighted by Crippen LogP contribution is 2.22. The lowest BCUT2D eigenvalue weighted by Gasteiger charge is -2.23. The summed E-state index contributed by atoms with van der Waals surface area (Å²) in [6.07, 6.45) is 6.24. The average molecular weight is 324 g/mol. The fourth-order valence-corrected chi connectivity index (χ4v) is 3.31. The standard InChI is InChI=1S/C15H19BrN2O/c16-11-1-6-15-14(7-11)10(9-18-15)8-17-12-2-4-13(19)5-3-12/h1,6-7,9,12-13,17-19H,2-5,8H2/p+1. The van der Waals surface area contributed by atoms with E-state index >= 15 is 0 Å². The third-order valence-electron chi connectivity index (χ3n) is 4.14. The Morgan fingerprint density at radius 3 is 2.84 bits per heavy atom. The number of halogens is 1. The number of benzene rings is 1. The van der Waals surface area contributed by atoms with Crippen LogP contribution in [0.2, 0.25) is 0 Å². The molecule has 4 N–H and O–H groups in total. The predicted octanol–water partition coefficient (Wildman–Crippen LogP) is 2.30. The van der Waals surface area contributed by atoms with Crippen molar-refractivity contribution in [3.8, 4) is 0 Å². The topological polar surface area (TPSA) is 52.6 Å². The van der Waals surface area contributed by atoms with Crippen LogP contribution in [0.1, 0.15) is 31.2 Å². The van der Waals surface area contributed by atoms with Gasteiger partial charge in [0, 0.05) is 40.0 Å². The molecule has 0 saturated heterocycles. The minimum Gasteiger partial charge on any atom is -0.393 e. The van der Waals surface area contributed by atoms with Gasteiger partial charge in [-0.1, -0.05) is 15.9 Å². The average Bonchev–Trinajstić information content (AvgIpc) is 2.80. The lowest BCUT2D eigenvalue weighted by molar-refractivity contribution is -0.707. The van der Waals surface area contributed by atoms with E-state index < -0.39 is 0 Å². The molecule has 3 rings (SSSR count). The monoisotopic (exact) mass is 323 g/mol. The number of aliphatic hydroxyl groups excluding tert-OH is 1. The Morgan fingerprint density at radius 1 is 1.26 bits per heavy atom. The normalized spacial score (nSPS) is 23.9. The van der Waals surface area contributed by atoms with E-state index in [9.17, 15) is 5.11 Å². The summed E-state index contributed by atoms with van der Waals surface area (Å²) in [5.74, 6) is 0. The molecule has 1 aliphatic carbocycles. The van der Waals surface area contributed by atoms with Crippen LogP contribution in [-0.4, -0.2) is 22.2 Å². The Balaban J connectivity index is 1.67. The maximum absolute atomic E-state index is 9.53. The van der Waals surface area contributed by atoms with Gasteiger partial charge in [0.15, 0.2) is 0 Å². The first kappa shape index (κ1) is 13.2. The van der Waals surface area contributed by atoms with Crippen molar-refractivity contribution in [2.45, 2.75) is 44.4 Å². The maximum Gasteiger partial charge on any atom is 0.104 e. The molecule has 0 spiro atoms. The molecule has 102 valence electrons. The molecule has 1 aliphatic rings. The van der Waals surface area contributed by atoms with E-state index in [4.69, 9.17) is 0 Å². The lowest BCUT2D eigenvalue weighted by atomic mass is 9.93. The van der Waals surface area contributed by atoms with Gasteiger partial charge in [-0.2, -0.15) is 0 Å². The summed E-state index contributed by atoms with van der Waals surface area (Å²) in [7, 11) is 0. The van der Waals surface area contributed by atoms with Crippen LogP contribution >= 0.6 is 15.9 Å². The van der Waals surface area contributed by atoms with E-state index in [1.54, 1.807) is 0 Å². The van der Waals surface area contributed by atoms with E-state index in [-0.39, 0.29) is 6.10 Å². The van der Waals surface area contributed by atoms with Crippen molar-refractivity contribution in [3.05, 3.63) is 34.4 Å². The first-order valence-electron chi connectivity index (χ1n) is 6.99. The molecule has 1 aromatic heterocycles. The second kappa shape index (κ2) is 5.65. The van der Waals surface area contributed by atoms with Crippen LogP contribution in [0.5, 0.6) is 0 Å². The molecule has 2 aromatic rings. The van der Waals surface area contributed by atoms with Gasteiger partial charge in [0.05, 0.1) is 12.1 Å². The Hall–Kier alpha value is -0.840. The molecule has 0 atom stereocenters. The summed E-state index contributed by atoms with van der Waals surface area (Å²) < 4.78 is 1.13. The largest absolute Gasteiger partial charge is 0.393 e. The molecule has 0 unspecified atom stereocenters. The fourth-order valence-electron chi connectivity index (χ4n) is 2.95. The Bertz CT molecular complexity index is 558. The van der Waals surface area contributed by atoms with E-state index in [2.05, 4.69) is 50.6 Å². The van der Waals surface area contributed by atoms with Gasteiger partial charge in [-0.3, -0.25) is 0 Å². The molecule has 0 amide bonds. The van der Waals surface area contributed by atoms with Crippen LogP contribution in [0.3, 0.4) is 0 Å². The van der Waals surface area contributed by atoms with E-state index in [1.165, 1.54) is 16.5 Å². The van der Waals surface area contributed by atoms with Crippen molar-refractivity contribution in [1.29, 1.82) is 0 Å². The van der Waals surface area contributed by atoms with Crippen LogP contribution in [0.4, 0.5) is 0 Å². The quantitative estimate of drug-likeness (QED) is 0.797. The zero-order valence-electron chi connectivity index (χ0n) is 10.9. The number of H-pyrrole nitrogens is 1. The number of aliphatic hydroxyl groups is 1. The van der Waals surface area contributed by atoms with E-state index in [0.717, 1.165) is 36.7 Å². The highest BCUT2D eigenvalue weighted by molar-refractivity contribution is 9.10. The highest BCUT2D eigenvalue weighted by Gasteiger charge is 2.21. The van der Waals surface area contributed by atoms with Crippen molar-refractivity contribution >= 4 is 26.8 Å². The van der Waals surface area contributed by atoms with Gasteiger partial charge >= 0.3 is 0 Å². The number of hydrogen-bond acceptors (Lipinski definition) is 1. The number of aromatic amines is 1. The number of aromatic nitrogens is 1. The maximum atomic E-state index is 9.53. The highest BCUT2D eigenvalue weighted by atomic mass is 79.9. The third-order valence-corrected chi connectivity index (χ3v) is 4.64. The number of fused-ring (bicyclic) bond motifs is 1. The fraction of sp³-hybridized carbons (Fsp3) is 0.467. The summed E-state index contributed by atoms with van der Waals surface area (Å²) in [5.41, 5.74) is 2.56. The van der Waals surface area contributed by atoms with Gasteiger partial charge in [0.1, 0.15) is 6.54 Å². The van der Waals surface area contributed by atoms with Crippen LogP contribution in [0.15, 0.2) is 28.9 Å². The van der Waals surface area contributed by atoms with Gasteiger partial charge in [-0.15, -0.1) is 0 Å². The third kappa shape index (κ3) is 3.02. The lowest BCUT2D eigenvalue weighted by Crippen LogP contribution is -2.88. The zero-order valence-corrected chi connectivity index (χ0v) is 12.5. The number of hydrogen-bond donors (Lipinski definition) is 3. The second-order valence-electron chi connectivity index (χ2n) is 5.51. The molecule has 19 heavy (non-hydrogen) atoms. The van der Waals surface area contributed by atoms with Crippen LogP contribution in [-0.2, 0) is 6.54 Å². The molecular weight excluding hydrogens is 304 g/mol. The minimum absolute atomic E-state index is 0.0614. The molecule has 4 heteroatoms. The first-order chi connectivity index (χ1) is 9.22. The number of rotatable bonds is 3. The minimum atomic E-state index is -0.0614. The molecular formula is C15H20BrN2O+. The van der Waals surface area contributed by atoms with Gasteiger partial charge in [0.25, 0.3) is 0 Å². The van der Waals surface area contributed by atoms with Crippen molar-refractivity contribution in [1.82, 2.24) is 4.98 Å². The molecule has 1 aromatic carbocycles. The van der Waals surface area contributed by atoms with Crippen LogP contribution in [0, 0.1) is 0 Å². The van der Waals surface area contributed by atoms with Crippen molar-refractivity contribution in [3.63, 3.8) is 0 Å². The predicted molar refractivity (Wildman–Crippen MR) is 79.9 cm³/mol. The Morgan fingerprint density at radius 2 is 2.05 bits per heavy atom. The number of nitrogens with one attached hydrogen (secondary N) is 1. The van der Waals surface area contributed by atoms with Crippen molar-refractivity contribution in [2.75, 3.05) is 0 Å². The first-order valence-corrected chi connectivity index (χ1v) is 7.78. The van der Waals surface area contributed by atoms with E-state index in [0.29, 0.717) is 6.04 Å². The molecule has 0 aliphatic heterocycles. The summed E-state index contributed by atoms with van der Waals surface area (Å²) in [4.78, 5) is 3.33. The van der Waals surface area contributed by atoms with Gasteiger partial charge in [-0.25, -0.2) is 0 Å². The number of nitrogens with two attached hydrogens (primary N) is 1. The zero-order chi connectivity index (χ0) is 13.2. The van der Waals surface area contributed by atoms with E-state index in [1.807, 2.05) is 0 Å². The van der Waals surface area contributed by atoms with Gasteiger partial charge in [-0.05, 0) is 31.0 Å². The van der Waals surface area contributed by atoms with Crippen molar-refractivity contribution in [2.24, 2.45) is 0 Å². The Labute approximate surface area is 121 Å². The molecule has 1 saturated carbocycles. The molecule has 1 heterocycles. The number of quaternary nitrogens is 1. The van der Waals surface area contributed by atoms with Crippen LogP contribution in [0.25, 0.3) is 10.9 Å². The molecule has 0 radical (unpaired) electrons. The van der Waals surface area contributed by atoms with Gasteiger partial charge in [0.2, 0.25) is 0 Å². The second-order valence-corrected chi connectivity index (χ2v) is 6.43. The summed E-state index contributed by atoms with van der Waals surface area (Å²) in [5, 5.41) is 13.3. The van der Waals surface area contributed by atoms with Crippen LogP contribution < -0.4 is 5.32 Å². The summed E-state index contributed by atoms with van der Waals surface area (Å²) >= 11 is 3.53.